The van der Waals surface area contributed by atoms with Crippen LogP contribution in [0.3, 0.4) is 0 Å². The molecule has 0 fully saturated rings. The number of pyridine rings is 1. The van der Waals surface area contributed by atoms with E-state index in [0.717, 1.165) is 22.5 Å². The molecule has 0 aromatic carbocycles. The predicted molar refractivity (Wildman–Crippen MR) is 71.0 cm³/mol. The Morgan fingerprint density at radius 1 is 1.38 bits per heavy atom. The molecule has 0 aliphatic carbocycles. The second kappa shape index (κ2) is 6.25. The van der Waals surface area contributed by atoms with Gasteiger partial charge in [0.2, 0.25) is 5.91 Å². The number of nitrogens with zero attached hydrogens (tertiary/aromatic N) is 3. The van der Waals surface area contributed by atoms with E-state index in [9.17, 15) is 18.0 Å². The molecule has 0 aliphatic heterocycles. The molecule has 0 spiro atoms. The highest BCUT2D eigenvalue weighted by Gasteiger charge is 2.33. The van der Waals surface area contributed by atoms with Gasteiger partial charge in [0.1, 0.15) is 11.1 Å². The summed E-state index contributed by atoms with van der Waals surface area (Å²) in [4.78, 5) is 15.6. The van der Waals surface area contributed by atoms with Crippen molar-refractivity contribution in [2.45, 2.75) is 19.3 Å². The normalized spacial score (nSPS) is 11.4. The van der Waals surface area contributed by atoms with Crippen LogP contribution < -0.4 is 5.32 Å². The fraction of sp³-hybridized carbons (Fsp3) is 0.250. The van der Waals surface area contributed by atoms with Gasteiger partial charge in [-0.3, -0.25) is 9.48 Å². The molecule has 5 nitrogen and oxygen atoms in total. The summed E-state index contributed by atoms with van der Waals surface area (Å²) in [7, 11) is 0. The topological polar surface area (TPSA) is 59.8 Å². The highest BCUT2D eigenvalue weighted by Crippen LogP contribution is 2.27. The monoisotopic (exact) mass is 362 g/mol. The smallest absolute Gasteiger partial charge is 0.350 e. The number of halogens is 4. The summed E-state index contributed by atoms with van der Waals surface area (Å²) >= 11 is 3.20. The summed E-state index contributed by atoms with van der Waals surface area (Å²) in [6.07, 6.45) is -1.81. The van der Waals surface area contributed by atoms with Crippen LogP contribution in [0.2, 0.25) is 0 Å². The molecule has 21 heavy (non-hydrogen) atoms. The first kappa shape index (κ1) is 15.5. The van der Waals surface area contributed by atoms with Gasteiger partial charge < -0.3 is 5.32 Å². The molecule has 0 radical (unpaired) electrons. The van der Waals surface area contributed by atoms with Gasteiger partial charge >= 0.3 is 6.18 Å². The molecule has 2 heterocycles. The van der Waals surface area contributed by atoms with Crippen molar-refractivity contribution in [2.24, 2.45) is 0 Å². The molecule has 0 unspecified atom stereocenters. The molecular formula is C12H10BrF3N4O. The van der Waals surface area contributed by atoms with Gasteiger partial charge in [-0.15, -0.1) is 0 Å². The first-order chi connectivity index (χ1) is 9.84. The Labute approximate surface area is 126 Å². The molecule has 0 saturated carbocycles. The second-order valence-corrected chi connectivity index (χ2v) is 4.97. The number of carbonyl (C=O) groups excluding carboxylic acids is 1. The Morgan fingerprint density at radius 3 is 2.76 bits per heavy atom. The van der Waals surface area contributed by atoms with Crippen LogP contribution >= 0.6 is 15.9 Å². The highest BCUT2D eigenvalue weighted by atomic mass is 79.9. The third-order valence-corrected chi connectivity index (χ3v) is 2.95. The predicted octanol–water partition coefficient (Wildman–Crippen LogP) is 2.38. The van der Waals surface area contributed by atoms with E-state index in [4.69, 9.17) is 0 Å². The lowest BCUT2D eigenvalue weighted by Gasteiger charge is -2.06. The van der Waals surface area contributed by atoms with Crippen LogP contribution in [0.25, 0.3) is 0 Å². The van der Waals surface area contributed by atoms with Crippen LogP contribution in [-0.2, 0) is 24.1 Å². The summed E-state index contributed by atoms with van der Waals surface area (Å²) < 4.78 is 38.7. The zero-order valence-corrected chi connectivity index (χ0v) is 12.1. The van der Waals surface area contributed by atoms with Crippen LogP contribution in [0, 0.1) is 0 Å². The van der Waals surface area contributed by atoms with Crippen LogP contribution in [0.4, 0.5) is 13.2 Å². The van der Waals surface area contributed by atoms with Gasteiger partial charge in [0.15, 0.2) is 5.69 Å². The standard InChI is InChI=1S/C12H10BrF3N4O/c13-10-5-8(1-3-17-10)6-18-11(21)7-20-4-2-9(19-20)12(14,15)16/h1-5H,6-7H2,(H,18,21). The zero-order valence-electron chi connectivity index (χ0n) is 10.6. The van der Waals surface area contributed by atoms with E-state index in [0.29, 0.717) is 4.60 Å². The van der Waals surface area contributed by atoms with E-state index in [1.165, 1.54) is 0 Å². The number of hydrogen-bond acceptors (Lipinski definition) is 3. The SMILES string of the molecule is O=C(Cn1ccc(C(F)(F)F)n1)NCc1ccnc(Br)c1. The maximum Gasteiger partial charge on any atom is 0.435 e. The number of amides is 1. The van der Waals surface area contributed by atoms with Crippen molar-refractivity contribution >= 4 is 21.8 Å². The van der Waals surface area contributed by atoms with Gasteiger partial charge in [0, 0.05) is 18.9 Å². The Morgan fingerprint density at radius 2 is 2.14 bits per heavy atom. The third kappa shape index (κ3) is 4.55. The minimum absolute atomic E-state index is 0.257. The number of hydrogen-bond donors (Lipinski definition) is 1. The molecule has 0 saturated heterocycles. The third-order valence-electron chi connectivity index (χ3n) is 2.52. The van der Waals surface area contributed by atoms with Gasteiger partial charge in [0.05, 0.1) is 0 Å². The lowest BCUT2D eigenvalue weighted by molar-refractivity contribution is -0.141. The Balaban J connectivity index is 1.89. The van der Waals surface area contributed by atoms with Gasteiger partial charge in [-0.1, -0.05) is 0 Å². The maximum absolute atomic E-state index is 12.4. The highest BCUT2D eigenvalue weighted by molar-refractivity contribution is 9.10. The minimum atomic E-state index is -4.51. The number of carbonyl (C=O) groups is 1. The molecule has 1 N–H and O–H groups in total. The Hall–Kier alpha value is -1.90. The summed E-state index contributed by atoms with van der Waals surface area (Å²) in [6, 6.07) is 4.28. The fourth-order valence-corrected chi connectivity index (χ4v) is 1.97. The van der Waals surface area contributed by atoms with Gasteiger partial charge in [-0.2, -0.15) is 18.3 Å². The van der Waals surface area contributed by atoms with Crippen LogP contribution in [-0.4, -0.2) is 20.7 Å². The molecule has 2 aromatic heterocycles. The van der Waals surface area contributed by atoms with Gasteiger partial charge in [-0.05, 0) is 39.7 Å². The molecule has 2 rings (SSSR count). The summed E-state index contributed by atoms with van der Waals surface area (Å²) in [5.41, 5.74) is -0.199. The van der Waals surface area contributed by atoms with Crippen molar-refractivity contribution in [1.82, 2.24) is 20.1 Å². The van der Waals surface area contributed by atoms with E-state index in [1.807, 2.05) is 0 Å². The summed E-state index contributed by atoms with van der Waals surface area (Å²) in [6.45, 7) is -0.0182. The van der Waals surface area contributed by atoms with E-state index in [1.54, 1.807) is 18.3 Å². The van der Waals surface area contributed by atoms with Gasteiger partial charge in [0.25, 0.3) is 0 Å². The van der Waals surface area contributed by atoms with Crippen LogP contribution in [0.5, 0.6) is 0 Å². The average Bonchev–Trinajstić information content (AvgIpc) is 2.85. The Bertz CT molecular complexity index is 641. The van der Waals surface area contributed by atoms with Crippen molar-refractivity contribution in [3.05, 3.63) is 46.5 Å². The number of alkyl halides is 3. The summed E-state index contributed by atoms with van der Waals surface area (Å²) in [5.74, 6) is -0.431. The van der Waals surface area contributed by atoms with E-state index < -0.39 is 17.8 Å². The first-order valence-electron chi connectivity index (χ1n) is 5.82. The fourth-order valence-electron chi connectivity index (χ4n) is 1.56. The van der Waals surface area contributed by atoms with E-state index in [-0.39, 0.29) is 13.1 Å². The molecular weight excluding hydrogens is 353 g/mol. The maximum atomic E-state index is 12.4. The molecule has 2 aromatic rings. The first-order valence-corrected chi connectivity index (χ1v) is 6.61. The second-order valence-electron chi connectivity index (χ2n) is 4.16. The molecule has 0 aliphatic rings. The van der Waals surface area contributed by atoms with Gasteiger partial charge in [-0.25, -0.2) is 4.98 Å². The molecule has 9 heteroatoms. The number of rotatable bonds is 4. The number of nitrogens with one attached hydrogen (secondary N) is 1. The molecule has 112 valence electrons. The van der Waals surface area contributed by atoms with Crippen molar-refractivity contribution in [3.63, 3.8) is 0 Å². The van der Waals surface area contributed by atoms with Crippen LogP contribution in [0.1, 0.15) is 11.3 Å². The van der Waals surface area contributed by atoms with E-state index >= 15 is 0 Å². The summed E-state index contributed by atoms with van der Waals surface area (Å²) in [5, 5.41) is 5.90. The molecule has 0 bridgehead atoms. The largest absolute Gasteiger partial charge is 0.435 e. The molecule has 0 atom stereocenters. The lowest BCUT2D eigenvalue weighted by Crippen LogP contribution is -2.27. The van der Waals surface area contributed by atoms with Crippen molar-refractivity contribution < 1.29 is 18.0 Å². The van der Waals surface area contributed by atoms with Crippen molar-refractivity contribution in [3.8, 4) is 0 Å². The van der Waals surface area contributed by atoms with Crippen molar-refractivity contribution in [2.75, 3.05) is 0 Å². The number of aromatic nitrogens is 3. The van der Waals surface area contributed by atoms with Crippen LogP contribution in [0.15, 0.2) is 35.2 Å². The lowest BCUT2D eigenvalue weighted by atomic mass is 10.3. The van der Waals surface area contributed by atoms with Crippen molar-refractivity contribution in [1.29, 1.82) is 0 Å². The minimum Gasteiger partial charge on any atom is -0.350 e. The average molecular weight is 363 g/mol. The van der Waals surface area contributed by atoms with E-state index in [2.05, 4.69) is 31.3 Å². The Kier molecular flexibility index (Phi) is 4.61. The molecule has 1 amide bonds. The quantitative estimate of drug-likeness (QED) is 0.849. The zero-order chi connectivity index (χ0) is 15.5.